The van der Waals surface area contributed by atoms with Gasteiger partial charge in [-0.3, -0.25) is 9.59 Å². The van der Waals surface area contributed by atoms with Crippen molar-refractivity contribution in [3.8, 4) is 0 Å². The van der Waals surface area contributed by atoms with Crippen LogP contribution in [0.15, 0.2) is 45.5 Å². The molecule has 2 aromatic heterocycles. The van der Waals surface area contributed by atoms with E-state index in [0.717, 1.165) is 16.1 Å². The number of hydrogen-bond acceptors (Lipinski definition) is 5. The molecule has 2 amide bonds. The third-order valence-corrected chi connectivity index (χ3v) is 5.12. The van der Waals surface area contributed by atoms with Crippen LogP contribution in [0, 0.1) is 12.7 Å². The highest BCUT2D eigenvalue weighted by Crippen LogP contribution is 2.25. The van der Waals surface area contributed by atoms with E-state index >= 15 is 0 Å². The summed E-state index contributed by atoms with van der Waals surface area (Å²) >= 11 is 4.46. The standard InChI is InChI=1S/C18H15BrFN3O3S/c1-10-14(8-11-2-4-12(20)5-3-11)27-18(22-10)23-16(24)9-21-17(25)13-6-7-15(19)26-13/h2-7H,8-9H2,1H3,(H,21,25)(H,22,23,24). The molecule has 0 aliphatic heterocycles. The number of hydrogen-bond donors (Lipinski definition) is 2. The summed E-state index contributed by atoms with van der Waals surface area (Å²) in [7, 11) is 0. The van der Waals surface area contributed by atoms with Crippen molar-refractivity contribution in [3.05, 3.63) is 68.8 Å². The number of carbonyl (C=O) groups is 2. The summed E-state index contributed by atoms with van der Waals surface area (Å²) in [5, 5.41) is 5.59. The van der Waals surface area contributed by atoms with Crippen molar-refractivity contribution in [1.82, 2.24) is 10.3 Å². The summed E-state index contributed by atoms with van der Waals surface area (Å²) in [6, 6.07) is 9.35. The van der Waals surface area contributed by atoms with Gasteiger partial charge in [0.25, 0.3) is 5.91 Å². The van der Waals surface area contributed by atoms with E-state index in [1.807, 2.05) is 6.92 Å². The van der Waals surface area contributed by atoms with Gasteiger partial charge in [0, 0.05) is 11.3 Å². The molecule has 0 fully saturated rings. The molecule has 2 N–H and O–H groups in total. The van der Waals surface area contributed by atoms with Crippen LogP contribution in [0.5, 0.6) is 0 Å². The molecule has 0 aliphatic carbocycles. The summed E-state index contributed by atoms with van der Waals surface area (Å²) in [5.74, 6) is -1.04. The fourth-order valence-corrected chi connectivity index (χ4v) is 3.60. The molecule has 0 atom stereocenters. The van der Waals surface area contributed by atoms with Crippen molar-refractivity contribution < 1.29 is 18.4 Å². The second-order valence-electron chi connectivity index (χ2n) is 5.67. The molecule has 0 aliphatic rings. The van der Waals surface area contributed by atoms with E-state index in [1.54, 1.807) is 18.2 Å². The zero-order chi connectivity index (χ0) is 19.4. The van der Waals surface area contributed by atoms with Gasteiger partial charge in [0.2, 0.25) is 5.91 Å². The first-order chi connectivity index (χ1) is 12.9. The number of halogens is 2. The van der Waals surface area contributed by atoms with Crippen LogP contribution in [0.25, 0.3) is 0 Å². The number of amides is 2. The first kappa shape index (κ1) is 19.2. The maximum absolute atomic E-state index is 13.0. The third-order valence-electron chi connectivity index (χ3n) is 3.62. The predicted octanol–water partition coefficient (Wildman–Crippen LogP) is 3.91. The summed E-state index contributed by atoms with van der Waals surface area (Å²) in [4.78, 5) is 29.2. The normalized spacial score (nSPS) is 10.6. The molecule has 0 saturated heterocycles. The number of aromatic nitrogens is 1. The Balaban J connectivity index is 1.55. The van der Waals surface area contributed by atoms with E-state index in [9.17, 15) is 14.0 Å². The Labute approximate surface area is 166 Å². The molecular formula is C18H15BrFN3O3S. The molecule has 140 valence electrons. The third kappa shape index (κ3) is 5.24. The second kappa shape index (κ2) is 8.45. The average Bonchev–Trinajstić information content (AvgIpc) is 3.21. The van der Waals surface area contributed by atoms with Gasteiger partial charge < -0.3 is 15.1 Å². The molecular weight excluding hydrogens is 437 g/mol. The zero-order valence-electron chi connectivity index (χ0n) is 14.2. The van der Waals surface area contributed by atoms with E-state index in [0.29, 0.717) is 16.2 Å². The van der Waals surface area contributed by atoms with Crippen LogP contribution in [0.4, 0.5) is 9.52 Å². The lowest BCUT2D eigenvalue weighted by Gasteiger charge is -2.03. The second-order valence-corrected chi connectivity index (χ2v) is 7.53. The van der Waals surface area contributed by atoms with E-state index < -0.39 is 11.8 Å². The van der Waals surface area contributed by atoms with Crippen LogP contribution >= 0.6 is 27.3 Å². The summed E-state index contributed by atoms with van der Waals surface area (Å²) in [6.45, 7) is 1.64. The smallest absolute Gasteiger partial charge is 0.287 e. The molecule has 0 bridgehead atoms. The minimum atomic E-state index is -0.483. The summed E-state index contributed by atoms with van der Waals surface area (Å²) in [5.41, 5.74) is 1.75. The summed E-state index contributed by atoms with van der Waals surface area (Å²) in [6.07, 6.45) is 0.601. The van der Waals surface area contributed by atoms with Gasteiger partial charge in [-0.05, 0) is 52.7 Å². The van der Waals surface area contributed by atoms with Crippen molar-refractivity contribution >= 4 is 44.2 Å². The highest BCUT2D eigenvalue weighted by atomic mass is 79.9. The maximum atomic E-state index is 13.0. The highest BCUT2D eigenvalue weighted by Gasteiger charge is 2.14. The monoisotopic (exact) mass is 451 g/mol. The molecule has 2 heterocycles. The molecule has 0 saturated carbocycles. The van der Waals surface area contributed by atoms with Gasteiger partial charge >= 0.3 is 0 Å². The Hall–Kier alpha value is -2.52. The molecule has 27 heavy (non-hydrogen) atoms. The van der Waals surface area contributed by atoms with Gasteiger partial charge in [0.1, 0.15) is 5.82 Å². The van der Waals surface area contributed by atoms with Gasteiger partial charge in [-0.15, -0.1) is 11.3 Å². The van der Waals surface area contributed by atoms with Gasteiger partial charge in [0.15, 0.2) is 15.6 Å². The van der Waals surface area contributed by atoms with Gasteiger partial charge in [-0.2, -0.15) is 0 Å². The number of thiazole rings is 1. The van der Waals surface area contributed by atoms with Crippen LogP contribution in [0.2, 0.25) is 0 Å². The van der Waals surface area contributed by atoms with E-state index in [-0.39, 0.29) is 18.1 Å². The number of nitrogens with zero attached hydrogens (tertiary/aromatic N) is 1. The topological polar surface area (TPSA) is 84.2 Å². The van der Waals surface area contributed by atoms with Crippen molar-refractivity contribution in [3.63, 3.8) is 0 Å². The Morgan fingerprint density at radius 1 is 1.22 bits per heavy atom. The van der Waals surface area contributed by atoms with E-state index in [2.05, 4.69) is 31.5 Å². The molecule has 3 aromatic rings. The van der Waals surface area contributed by atoms with Crippen molar-refractivity contribution in [2.75, 3.05) is 11.9 Å². The largest absolute Gasteiger partial charge is 0.444 e. The Bertz CT molecular complexity index is 969. The van der Waals surface area contributed by atoms with Crippen molar-refractivity contribution in [1.29, 1.82) is 0 Å². The SMILES string of the molecule is Cc1nc(NC(=O)CNC(=O)c2ccc(Br)o2)sc1Cc1ccc(F)cc1. The molecule has 9 heteroatoms. The number of benzene rings is 1. The molecule has 6 nitrogen and oxygen atoms in total. The van der Waals surface area contributed by atoms with Crippen LogP contribution in [0.1, 0.15) is 26.7 Å². The van der Waals surface area contributed by atoms with Crippen LogP contribution in [-0.2, 0) is 11.2 Å². The minimum Gasteiger partial charge on any atom is -0.444 e. The number of anilines is 1. The fraction of sp³-hybridized carbons (Fsp3) is 0.167. The quantitative estimate of drug-likeness (QED) is 0.594. The van der Waals surface area contributed by atoms with Crippen LogP contribution in [-0.4, -0.2) is 23.3 Å². The average molecular weight is 452 g/mol. The zero-order valence-corrected chi connectivity index (χ0v) is 16.6. The number of carbonyl (C=O) groups excluding carboxylic acids is 2. The molecule has 0 spiro atoms. The lowest BCUT2D eigenvalue weighted by molar-refractivity contribution is -0.115. The number of aryl methyl sites for hydroxylation is 1. The van der Waals surface area contributed by atoms with Crippen LogP contribution in [0.3, 0.4) is 0 Å². The van der Waals surface area contributed by atoms with Crippen molar-refractivity contribution in [2.24, 2.45) is 0 Å². The first-order valence-electron chi connectivity index (χ1n) is 7.95. The maximum Gasteiger partial charge on any atom is 0.287 e. The Morgan fingerprint density at radius 2 is 1.96 bits per heavy atom. The Kier molecular flexibility index (Phi) is 6.02. The van der Waals surface area contributed by atoms with E-state index in [4.69, 9.17) is 4.42 Å². The number of furan rings is 1. The molecule has 1 aromatic carbocycles. The summed E-state index contributed by atoms with van der Waals surface area (Å²) < 4.78 is 18.5. The first-order valence-corrected chi connectivity index (χ1v) is 9.56. The lowest BCUT2D eigenvalue weighted by atomic mass is 10.1. The van der Waals surface area contributed by atoms with Gasteiger partial charge in [0.05, 0.1) is 12.2 Å². The molecule has 0 radical (unpaired) electrons. The van der Waals surface area contributed by atoms with Crippen LogP contribution < -0.4 is 10.6 Å². The lowest BCUT2D eigenvalue weighted by Crippen LogP contribution is -2.32. The van der Waals surface area contributed by atoms with Gasteiger partial charge in [-0.25, -0.2) is 9.37 Å². The predicted molar refractivity (Wildman–Crippen MR) is 103 cm³/mol. The minimum absolute atomic E-state index is 0.112. The Morgan fingerprint density at radius 3 is 2.63 bits per heavy atom. The van der Waals surface area contributed by atoms with Gasteiger partial charge in [-0.1, -0.05) is 12.1 Å². The van der Waals surface area contributed by atoms with E-state index in [1.165, 1.54) is 29.5 Å². The molecule has 0 unspecified atom stereocenters. The number of nitrogens with one attached hydrogen (secondary N) is 2. The number of rotatable bonds is 6. The highest BCUT2D eigenvalue weighted by molar-refractivity contribution is 9.10. The fourth-order valence-electron chi connectivity index (χ4n) is 2.28. The van der Waals surface area contributed by atoms with Crippen molar-refractivity contribution in [2.45, 2.75) is 13.3 Å². The molecule has 3 rings (SSSR count).